The van der Waals surface area contributed by atoms with Gasteiger partial charge in [-0.1, -0.05) is 0 Å². The first kappa shape index (κ1) is 48.8. The zero-order chi connectivity index (χ0) is 53.5. The van der Waals surface area contributed by atoms with Crippen LogP contribution in [0.4, 0.5) is 5.69 Å². The maximum Gasteiger partial charge on any atom is 0.254 e. The van der Waals surface area contributed by atoms with Crippen LogP contribution in [0.3, 0.4) is 0 Å². The van der Waals surface area contributed by atoms with Crippen molar-refractivity contribution >= 4 is 61.6 Å². The van der Waals surface area contributed by atoms with Crippen LogP contribution in [0.2, 0.25) is 0 Å². The van der Waals surface area contributed by atoms with Gasteiger partial charge in [0.2, 0.25) is 0 Å². The van der Waals surface area contributed by atoms with Crippen LogP contribution in [0.25, 0.3) is 67.2 Å². The number of imidazole rings is 2. The van der Waals surface area contributed by atoms with Gasteiger partial charge in [-0.05, 0) is 142 Å². The highest BCUT2D eigenvalue weighted by Gasteiger charge is 2.50. The molecule has 0 unspecified atom stereocenters. The number of ether oxygens (including phenoxy) is 4. The number of nitrogens with two attached hydrogens (primary N) is 1. The number of likely N-dealkylation sites (tertiary alicyclic amines) is 2. The predicted molar refractivity (Wildman–Crippen MR) is 304 cm³/mol. The molecule has 18 nitrogen and oxygen atoms in total. The Kier molecular flexibility index (Phi) is 11.6. The molecule has 2 amide bonds. The number of benzene rings is 2. The number of aromatic nitrogens is 8. The molecule has 4 saturated heterocycles. The maximum absolute atomic E-state index is 15.0. The monoisotopic (exact) mass is 1080 g/mol. The third-order valence-electron chi connectivity index (χ3n) is 19.7. The number of carbonyl (C=O) groups excluding carboxylic acids is 2. The molecule has 414 valence electrons. The Morgan fingerprint density at radius 2 is 1.16 bits per heavy atom. The molecule has 4 saturated carbocycles. The van der Waals surface area contributed by atoms with E-state index in [4.69, 9.17) is 44.6 Å². The van der Waals surface area contributed by atoms with Gasteiger partial charge >= 0.3 is 0 Å². The third kappa shape index (κ3) is 8.11. The molecule has 6 aromatic heterocycles. The van der Waals surface area contributed by atoms with Crippen molar-refractivity contribution in [3.05, 3.63) is 78.1 Å². The normalized spacial score (nSPS) is 26.2. The second-order valence-electron chi connectivity index (χ2n) is 24.8. The Hall–Kier alpha value is -7.02. The minimum Gasteiger partial charge on any atom is -0.494 e. The number of nitrogens with one attached hydrogen (secondary N) is 1. The van der Waals surface area contributed by atoms with Crippen LogP contribution < -0.4 is 20.5 Å². The summed E-state index contributed by atoms with van der Waals surface area (Å²) in [6.07, 6.45) is 14.6. The number of hydrogen-bond donors (Lipinski definition) is 2. The Morgan fingerprint density at radius 1 is 0.613 bits per heavy atom. The summed E-state index contributed by atoms with van der Waals surface area (Å²) in [5, 5.41) is 6.05. The Labute approximate surface area is 463 Å². The van der Waals surface area contributed by atoms with Crippen LogP contribution in [0.5, 0.6) is 11.5 Å². The standard InChI is InChI=1S/C62H70N12O6/c1-77-51-23-42(61(75)71-30-39-9-11-47(71)53(39)63)19-45-56(51)74(29-37-14-17-80-33-37)60(68-45)50-22-41-18-44(25-65-58(41)70(50)27-35-7-8-35)66-54-40-10-12-48(54)72(31-40)62(76)43-20-46-55(52(24-43)78-2)73(28-36-13-16-79-32-36)59(67-46)49-21-38-4-3-15-64-57(38)69(49)26-34-5-6-34/h3-4,15,18-25,34-37,39-40,47-48,53-54,66H,5-14,16-17,26-33,63H2,1-2H3/t36-,37+,39+,40+,47+,48+,53+,54+/m0/s1. The lowest BCUT2D eigenvalue weighted by Crippen LogP contribution is -2.41. The number of nitrogens with zero attached hydrogens (tertiary/aromatic N) is 10. The molecule has 3 N–H and O–H groups in total. The average Bonchev–Trinajstić information content (AvgIpc) is 4.17. The van der Waals surface area contributed by atoms with Gasteiger partial charge in [0.1, 0.15) is 33.8 Å². The number of methoxy groups -OCH3 is 2. The molecule has 8 atom stereocenters. The summed E-state index contributed by atoms with van der Waals surface area (Å²) >= 11 is 0. The lowest BCUT2D eigenvalue weighted by atomic mass is 10.1. The molecule has 2 aromatic carbocycles. The Balaban J connectivity index is 0.716. The molecule has 10 heterocycles. The largest absolute Gasteiger partial charge is 0.494 e. The van der Waals surface area contributed by atoms with E-state index in [1.54, 1.807) is 14.2 Å². The van der Waals surface area contributed by atoms with Gasteiger partial charge in [-0.3, -0.25) is 9.59 Å². The lowest BCUT2D eigenvalue weighted by Gasteiger charge is -2.28. The van der Waals surface area contributed by atoms with Crippen molar-refractivity contribution in [3.63, 3.8) is 0 Å². The van der Waals surface area contributed by atoms with Crippen LogP contribution in [0.15, 0.2) is 67.0 Å². The van der Waals surface area contributed by atoms with Crippen LogP contribution in [-0.2, 0) is 35.7 Å². The van der Waals surface area contributed by atoms with E-state index < -0.39 is 0 Å². The van der Waals surface area contributed by atoms with Crippen molar-refractivity contribution in [2.45, 2.75) is 115 Å². The van der Waals surface area contributed by atoms with Gasteiger partial charge in [0.15, 0.2) is 11.6 Å². The fourth-order valence-corrected chi connectivity index (χ4v) is 15.2. The molecule has 8 aliphatic rings. The van der Waals surface area contributed by atoms with Gasteiger partial charge in [0.05, 0.1) is 73.8 Å². The summed E-state index contributed by atoms with van der Waals surface area (Å²) < 4.78 is 33.6. The van der Waals surface area contributed by atoms with Crippen molar-refractivity contribution in [2.75, 3.05) is 59.1 Å². The van der Waals surface area contributed by atoms with E-state index in [1.807, 2.05) is 47.6 Å². The molecule has 16 rings (SSSR count). The van der Waals surface area contributed by atoms with Crippen molar-refractivity contribution < 1.29 is 28.5 Å². The van der Waals surface area contributed by atoms with Crippen molar-refractivity contribution in [2.24, 2.45) is 41.2 Å². The number of anilines is 1. The molecule has 4 aliphatic carbocycles. The summed E-state index contributed by atoms with van der Waals surface area (Å²) in [6.45, 7) is 7.42. The fourth-order valence-electron chi connectivity index (χ4n) is 15.2. The minimum atomic E-state index is -0.00824. The smallest absolute Gasteiger partial charge is 0.254 e. The highest BCUT2D eigenvalue weighted by molar-refractivity contribution is 6.02. The van der Waals surface area contributed by atoms with Crippen LogP contribution >= 0.6 is 0 Å². The second-order valence-corrected chi connectivity index (χ2v) is 24.8. The Morgan fingerprint density at radius 3 is 1.71 bits per heavy atom. The van der Waals surface area contributed by atoms with Crippen LogP contribution in [-0.4, -0.2) is 138 Å². The first-order chi connectivity index (χ1) is 39.2. The molecule has 8 fully saturated rings. The zero-order valence-corrected chi connectivity index (χ0v) is 45.8. The number of rotatable bonds is 16. The van der Waals surface area contributed by atoms with E-state index in [9.17, 15) is 4.79 Å². The highest BCUT2D eigenvalue weighted by atomic mass is 16.5. The first-order valence-electron chi connectivity index (χ1n) is 29.6. The third-order valence-corrected chi connectivity index (χ3v) is 19.7. The SMILES string of the molecule is COc1cc(C(=O)N2C[C@H]3CC[C@@H]2[C@@H]3Nc2cnc3c(c2)cc(-c2nc4cc(C(=O)N5C[C@H]6CC[C@@H]5[C@@H]6N)cc(OC)c4n2C[C@H]2CCOC2)n3CC2CC2)cc2nc(-c3cc4cccnc4n3CC3CC3)n(C[C@@H]3CCOC3)c12. The zero-order valence-electron chi connectivity index (χ0n) is 45.8. The van der Waals surface area contributed by atoms with Crippen LogP contribution in [0, 0.1) is 35.5 Å². The number of pyridine rings is 2. The van der Waals surface area contributed by atoms with Gasteiger partial charge in [0, 0.05) is 104 Å². The quantitative estimate of drug-likeness (QED) is 0.0940. The number of piperidine rings is 2. The van der Waals surface area contributed by atoms with Crippen molar-refractivity contribution in [1.82, 2.24) is 48.0 Å². The predicted octanol–water partition coefficient (Wildman–Crippen LogP) is 8.61. The highest BCUT2D eigenvalue weighted by Crippen LogP contribution is 2.45. The molecule has 0 radical (unpaired) electrons. The van der Waals surface area contributed by atoms with E-state index in [1.165, 1.54) is 25.7 Å². The molecule has 8 aromatic rings. The number of fused-ring (bicyclic) bond motifs is 8. The molecular formula is C62H70N12O6. The maximum atomic E-state index is 15.0. The van der Waals surface area contributed by atoms with Crippen molar-refractivity contribution in [1.29, 1.82) is 0 Å². The topological polar surface area (TPSA) is 187 Å². The molecule has 4 bridgehead atoms. The van der Waals surface area contributed by atoms with E-state index in [0.29, 0.717) is 85.1 Å². The number of carbonyl (C=O) groups is 2. The molecule has 80 heavy (non-hydrogen) atoms. The Bertz CT molecular complexity index is 3780. The summed E-state index contributed by atoms with van der Waals surface area (Å²) in [4.78, 5) is 54.4. The van der Waals surface area contributed by atoms with Gasteiger partial charge in [-0.25, -0.2) is 19.9 Å². The van der Waals surface area contributed by atoms with Gasteiger partial charge < -0.3 is 58.1 Å². The summed E-state index contributed by atoms with van der Waals surface area (Å²) in [5.41, 5.74) is 15.9. The average molecular weight is 1080 g/mol. The number of amides is 2. The molecule has 0 spiro atoms. The van der Waals surface area contributed by atoms with E-state index in [-0.39, 0.29) is 41.9 Å². The first-order valence-corrected chi connectivity index (χ1v) is 29.6. The van der Waals surface area contributed by atoms with E-state index in [2.05, 4.69) is 52.8 Å². The van der Waals surface area contributed by atoms with E-state index >= 15 is 4.79 Å². The van der Waals surface area contributed by atoms with Gasteiger partial charge in [-0.2, -0.15) is 0 Å². The molecule has 4 aliphatic heterocycles. The summed E-state index contributed by atoms with van der Waals surface area (Å²) in [5.74, 6) is 5.46. The molecule has 18 heteroatoms. The van der Waals surface area contributed by atoms with Gasteiger partial charge in [-0.15, -0.1) is 0 Å². The minimum absolute atomic E-state index is 0.000620. The van der Waals surface area contributed by atoms with E-state index in [0.717, 1.165) is 144 Å². The lowest BCUT2D eigenvalue weighted by molar-refractivity contribution is 0.0693. The van der Waals surface area contributed by atoms with Crippen LogP contribution in [0.1, 0.15) is 84.9 Å². The fraction of sp³-hybridized carbons (Fsp3) is 0.516. The number of hydrogen-bond acceptors (Lipinski definition) is 12. The molecular weight excluding hydrogens is 1010 g/mol. The van der Waals surface area contributed by atoms with Crippen molar-refractivity contribution in [3.8, 4) is 34.5 Å². The summed E-state index contributed by atoms with van der Waals surface area (Å²) in [7, 11) is 3.39. The summed E-state index contributed by atoms with van der Waals surface area (Å²) in [6, 6.07) is 18.8. The van der Waals surface area contributed by atoms with Gasteiger partial charge in [0.25, 0.3) is 11.8 Å². The second kappa shape index (κ2) is 19.0.